The lowest BCUT2D eigenvalue weighted by Gasteiger charge is -2.18. The molecular formula is C11H18N6O2. The van der Waals surface area contributed by atoms with Crippen molar-refractivity contribution in [1.29, 1.82) is 0 Å². The highest BCUT2D eigenvalue weighted by Crippen LogP contribution is 2.23. The van der Waals surface area contributed by atoms with E-state index < -0.39 is 0 Å². The van der Waals surface area contributed by atoms with Gasteiger partial charge < -0.3 is 20.8 Å². The van der Waals surface area contributed by atoms with Gasteiger partial charge in [-0.1, -0.05) is 0 Å². The van der Waals surface area contributed by atoms with Gasteiger partial charge in [-0.2, -0.15) is 0 Å². The zero-order valence-corrected chi connectivity index (χ0v) is 10.8. The lowest BCUT2D eigenvalue weighted by Crippen LogP contribution is -2.28. The van der Waals surface area contributed by atoms with E-state index in [2.05, 4.69) is 15.4 Å². The van der Waals surface area contributed by atoms with Gasteiger partial charge in [0.2, 0.25) is 5.91 Å². The second-order valence-corrected chi connectivity index (χ2v) is 4.44. The van der Waals surface area contributed by atoms with E-state index in [1.165, 1.54) is 0 Å². The number of methoxy groups -OCH3 is 1. The molecule has 104 valence electrons. The average Bonchev–Trinajstić information content (AvgIpc) is 2.88. The summed E-state index contributed by atoms with van der Waals surface area (Å²) in [6.07, 6.45) is 0.740. The summed E-state index contributed by atoms with van der Waals surface area (Å²) in [6, 6.07) is 1.74. The third-order valence-electron chi connectivity index (χ3n) is 3.09. The Kier molecular flexibility index (Phi) is 4.13. The molecule has 1 atom stereocenters. The topological polar surface area (TPSA) is 119 Å². The van der Waals surface area contributed by atoms with Crippen molar-refractivity contribution in [3.05, 3.63) is 11.9 Å². The lowest BCUT2D eigenvalue weighted by molar-refractivity contribution is -0.121. The number of rotatable bonds is 5. The molecule has 0 radical (unpaired) electrons. The predicted molar refractivity (Wildman–Crippen MR) is 70.1 cm³/mol. The molecule has 2 heterocycles. The first-order valence-corrected chi connectivity index (χ1v) is 6.01. The third-order valence-corrected chi connectivity index (χ3v) is 3.09. The van der Waals surface area contributed by atoms with E-state index >= 15 is 0 Å². The molecule has 1 aromatic rings. The van der Waals surface area contributed by atoms with Crippen LogP contribution in [0.5, 0.6) is 0 Å². The molecule has 0 bridgehead atoms. The second-order valence-electron chi connectivity index (χ2n) is 4.44. The van der Waals surface area contributed by atoms with Crippen LogP contribution in [-0.2, 0) is 16.1 Å². The van der Waals surface area contributed by atoms with Crippen LogP contribution in [0.25, 0.3) is 0 Å². The number of hydrazine groups is 1. The largest absolute Gasteiger partial charge is 0.377 e. The predicted octanol–water partition coefficient (Wildman–Crippen LogP) is -0.780. The van der Waals surface area contributed by atoms with Crippen LogP contribution in [0.4, 0.5) is 11.6 Å². The van der Waals surface area contributed by atoms with Crippen molar-refractivity contribution in [2.75, 3.05) is 30.5 Å². The van der Waals surface area contributed by atoms with Crippen LogP contribution in [-0.4, -0.2) is 36.1 Å². The molecular weight excluding hydrogens is 248 g/mol. The SMILES string of the molecule is COCc1nc(NN)cc(N2CCC(C(N)=O)C2)n1. The molecule has 2 rings (SSSR count). The Morgan fingerprint density at radius 1 is 1.63 bits per heavy atom. The van der Waals surface area contributed by atoms with Crippen LogP contribution in [0, 0.1) is 5.92 Å². The number of hydrogen-bond acceptors (Lipinski definition) is 7. The minimum absolute atomic E-state index is 0.130. The molecule has 1 aromatic heterocycles. The van der Waals surface area contributed by atoms with Gasteiger partial charge in [0.05, 0.1) is 5.92 Å². The molecule has 1 saturated heterocycles. The van der Waals surface area contributed by atoms with Gasteiger partial charge in [-0.25, -0.2) is 15.8 Å². The quantitative estimate of drug-likeness (QED) is 0.472. The summed E-state index contributed by atoms with van der Waals surface area (Å²) in [7, 11) is 1.57. The monoisotopic (exact) mass is 266 g/mol. The first kappa shape index (κ1) is 13.5. The number of nitrogens with one attached hydrogen (secondary N) is 1. The molecule has 0 saturated carbocycles. The van der Waals surface area contributed by atoms with Crippen molar-refractivity contribution in [3.63, 3.8) is 0 Å². The summed E-state index contributed by atoms with van der Waals surface area (Å²) in [5.41, 5.74) is 7.82. The fourth-order valence-electron chi connectivity index (χ4n) is 2.11. The number of nitrogens with zero attached hydrogens (tertiary/aromatic N) is 3. The van der Waals surface area contributed by atoms with Gasteiger partial charge in [0.15, 0.2) is 5.82 Å². The molecule has 1 aliphatic heterocycles. The molecule has 1 fully saturated rings. The van der Waals surface area contributed by atoms with E-state index in [-0.39, 0.29) is 11.8 Å². The summed E-state index contributed by atoms with van der Waals surface area (Å²) in [5, 5.41) is 0. The van der Waals surface area contributed by atoms with Gasteiger partial charge in [-0.05, 0) is 6.42 Å². The molecule has 8 heteroatoms. The maximum Gasteiger partial charge on any atom is 0.222 e. The van der Waals surface area contributed by atoms with Crippen LogP contribution < -0.4 is 21.9 Å². The Hall–Kier alpha value is -1.93. The summed E-state index contributed by atoms with van der Waals surface area (Å²) in [6.45, 7) is 1.61. The Morgan fingerprint density at radius 2 is 2.42 bits per heavy atom. The van der Waals surface area contributed by atoms with Gasteiger partial charge in [0.1, 0.15) is 18.2 Å². The standard InChI is InChI=1S/C11H18N6O2/c1-19-6-9-14-8(16-13)4-10(15-9)17-3-2-7(5-17)11(12)18/h4,7H,2-3,5-6,13H2,1H3,(H2,12,18)(H,14,15,16). The number of nitrogen functional groups attached to an aromatic ring is 1. The van der Waals surface area contributed by atoms with Gasteiger partial charge >= 0.3 is 0 Å². The van der Waals surface area contributed by atoms with Crippen molar-refractivity contribution in [2.24, 2.45) is 17.5 Å². The highest BCUT2D eigenvalue weighted by Gasteiger charge is 2.27. The molecule has 1 amide bonds. The smallest absolute Gasteiger partial charge is 0.222 e. The number of hydrogen-bond donors (Lipinski definition) is 3. The van der Waals surface area contributed by atoms with Crippen molar-refractivity contribution in [3.8, 4) is 0 Å². The number of aromatic nitrogens is 2. The summed E-state index contributed by atoms with van der Waals surface area (Å²) >= 11 is 0. The number of anilines is 2. The zero-order valence-electron chi connectivity index (χ0n) is 10.8. The molecule has 1 unspecified atom stereocenters. The van der Waals surface area contributed by atoms with Gasteiger partial charge in [0, 0.05) is 26.3 Å². The van der Waals surface area contributed by atoms with Gasteiger partial charge in [-0.3, -0.25) is 4.79 Å². The Bertz CT molecular complexity index is 466. The fraction of sp³-hybridized carbons (Fsp3) is 0.545. The minimum atomic E-state index is -0.272. The van der Waals surface area contributed by atoms with Crippen LogP contribution >= 0.6 is 0 Å². The molecule has 0 spiro atoms. The van der Waals surface area contributed by atoms with E-state index in [0.717, 1.165) is 18.8 Å². The summed E-state index contributed by atoms with van der Waals surface area (Å²) < 4.78 is 5.02. The highest BCUT2D eigenvalue weighted by molar-refractivity contribution is 5.78. The van der Waals surface area contributed by atoms with Gasteiger partial charge in [0.25, 0.3) is 0 Å². The molecule has 5 N–H and O–H groups in total. The molecule has 0 aliphatic carbocycles. The molecule has 19 heavy (non-hydrogen) atoms. The van der Waals surface area contributed by atoms with Crippen molar-refractivity contribution in [1.82, 2.24) is 9.97 Å². The molecule has 1 aliphatic rings. The average molecular weight is 266 g/mol. The van der Waals surface area contributed by atoms with E-state index in [0.29, 0.717) is 24.8 Å². The second kappa shape index (κ2) is 5.81. The Balaban J connectivity index is 2.19. The number of nitrogens with two attached hydrogens (primary N) is 2. The van der Waals surface area contributed by atoms with E-state index in [9.17, 15) is 4.79 Å². The van der Waals surface area contributed by atoms with Crippen molar-refractivity contribution < 1.29 is 9.53 Å². The van der Waals surface area contributed by atoms with Crippen molar-refractivity contribution in [2.45, 2.75) is 13.0 Å². The normalized spacial score (nSPS) is 18.6. The van der Waals surface area contributed by atoms with Crippen LogP contribution in [0.2, 0.25) is 0 Å². The van der Waals surface area contributed by atoms with Crippen LogP contribution in [0.15, 0.2) is 6.07 Å². The lowest BCUT2D eigenvalue weighted by atomic mass is 10.1. The molecule has 8 nitrogen and oxygen atoms in total. The Morgan fingerprint density at radius 3 is 3.00 bits per heavy atom. The summed E-state index contributed by atoms with van der Waals surface area (Å²) in [4.78, 5) is 21.7. The fourth-order valence-corrected chi connectivity index (χ4v) is 2.11. The minimum Gasteiger partial charge on any atom is -0.377 e. The third kappa shape index (κ3) is 3.09. The zero-order chi connectivity index (χ0) is 13.8. The maximum absolute atomic E-state index is 11.2. The number of ether oxygens (including phenoxy) is 1. The number of carbonyl (C=O) groups excluding carboxylic acids is 1. The Labute approximate surface area is 111 Å². The number of primary amides is 1. The maximum atomic E-state index is 11.2. The summed E-state index contributed by atoms with van der Waals surface area (Å²) in [5.74, 6) is 6.75. The molecule has 0 aromatic carbocycles. The number of amides is 1. The first-order valence-electron chi connectivity index (χ1n) is 6.01. The van der Waals surface area contributed by atoms with Crippen molar-refractivity contribution >= 4 is 17.5 Å². The van der Waals surface area contributed by atoms with Crippen LogP contribution in [0.1, 0.15) is 12.2 Å². The van der Waals surface area contributed by atoms with Gasteiger partial charge in [-0.15, -0.1) is 0 Å². The highest BCUT2D eigenvalue weighted by atomic mass is 16.5. The van der Waals surface area contributed by atoms with E-state index in [4.69, 9.17) is 16.3 Å². The van der Waals surface area contributed by atoms with Crippen LogP contribution in [0.3, 0.4) is 0 Å². The van der Waals surface area contributed by atoms with E-state index in [1.54, 1.807) is 13.2 Å². The first-order chi connectivity index (χ1) is 9.13. The van der Waals surface area contributed by atoms with E-state index in [1.807, 2.05) is 4.90 Å². The number of carbonyl (C=O) groups is 1.